The first kappa shape index (κ1) is 13.6. The molecule has 1 aromatic heterocycles. The van der Waals surface area contributed by atoms with Crippen LogP contribution in [0.3, 0.4) is 0 Å². The van der Waals surface area contributed by atoms with Crippen LogP contribution in [0.25, 0.3) is 0 Å². The first-order valence-corrected chi connectivity index (χ1v) is 5.60. The molecule has 1 aromatic rings. The van der Waals surface area contributed by atoms with E-state index in [0.717, 1.165) is 13.0 Å². The van der Waals surface area contributed by atoms with Gasteiger partial charge in [0.2, 0.25) is 5.91 Å². The fourth-order valence-corrected chi connectivity index (χ4v) is 1.36. The van der Waals surface area contributed by atoms with E-state index in [9.17, 15) is 4.79 Å². The van der Waals surface area contributed by atoms with Gasteiger partial charge in [-0.15, -0.1) is 5.10 Å². The van der Waals surface area contributed by atoms with Crippen LogP contribution in [-0.4, -0.2) is 47.2 Å². The van der Waals surface area contributed by atoms with Crippen LogP contribution in [0.2, 0.25) is 0 Å². The van der Waals surface area contributed by atoms with Crippen molar-refractivity contribution in [2.75, 3.05) is 20.2 Å². The Balaban J connectivity index is 2.07. The van der Waals surface area contributed by atoms with Gasteiger partial charge < -0.3 is 15.8 Å². The molecule has 7 heteroatoms. The van der Waals surface area contributed by atoms with Gasteiger partial charge in [0, 0.05) is 32.9 Å². The number of aromatic nitrogens is 3. The molecule has 7 nitrogen and oxygen atoms in total. The minimum absolute atomic E-state index is 0.0408. The normalized spacial score (nSPS) is 12.4. The number of nitrogens with two attached hydrogens (primary N) is 1. The standard InChI is InChI=1S/C10H19N5O2/c1-17-9(8-11)7-10(16)12-3-2-5-15-6-4-13-14-15/h4,6,9H,2-3,5,7-8,11H2,1H3,(H,12,16). The van der Waals surface area contributed by atoms with Crippen molar-refractivity contribution in [1.29, 1.82) is 0 Å². The third-order valence-electron chi connectivity index (χ3n) is 2.37. The highest BCUT2D eigenvalue weighted by Crippen LogP contribution is 1.94. The maximum atomic E-state index is 11.5. The zero-order valence-corrected chi connectivity index (χ0v) is 10.0. The third kappa shape index (κ3) is 5.41. The minimum atomic E-state index is -0.203. The van der Waals surface area contributed by atoms with E-state index in [1.165, 1.54) is 0 Å². The van der Waals surface area contributed by atoms with Crippen molar-refractivity contribution in [1.82, 2.24) is 20.3 Å². The number of methoxy groups -OCH3 is 1. The van der Waals surface area contributed by atoms with Gasteiger partial charge in [-0.05, 0) is 6.42 Å². The summed E-state index contributed by atoms with van der Waals surface area (Å²) in [7, 11) is 1.55. The van der Waals surface area contributed by atoms with E-state index in [-0.39, 0.29) is 12.0 Å². The zero-order valence-electron chi connectivity index (χ0n) is 10.0. The molecule has 0 aliphatic carbocycles. The largest absolute Gasteiger partial charge is 0.380 e. The van der Waals surface area contributed by atoms with Crippen molar-refractivity contribution in [3.8, 4) is 0 Å². The Kier molecular flexibility index (Phi) is 6.19. The molecule has 0 aromatic carbocycles. The van der Waals surface area contributed by atoms with E-state index in [2.05, 4.69) is 15.6 Å². The molecule has 3 N–H and O–H groups in total. The number of carbonyl (C=O) groups excluding carboxylic acids is 1. The van der Waals surface area contributed by atoms with Crippen molar-refractivity contribution in [2.45, 2.75) is 25.5 Å². The van der Waals surface area contributed by atoms with Crippen molar-refractivity contribution < 1.29 is 9.53 Å². The lowest BCUT2D eigenvalue weighted by molar-refractivity contribution is -0.123. The molecule has 0 fully saturated rings. The molecule has 0 aliphatic rings. The summed E-state index contributed by atoms with van der Waals surface area (Å²) in [6.07, 6.45) is 4.33. The molecule has 0 radical (unpaired) electrons. The molecular weight excluding hydrogens is 222 g/mol. The lowest BCUT2D eigenvalue weighted by Gasteiger charge is -2.12. The third-order valence-corrected chi connectivity index (χ3v) is 2.37. The highest BCUT2D eigenvalue weighted by Gasteiger charge is 2.10. The highest BCUT2D eigenvalue weighted by atomic mass is 16.5. The second-order valence-electron chi connectivity index (χ2n) is 3.67. The van der Waals surface area contributed by atoms with E-state index >= 15 is 0 Å². The summed E-state index contributed by atoms with van der Waals surface area (Å²) >= 11 is 0. The van der Waals surface area contributed by atoms with Gasteiger partial charge >= 0.3 is 0 Å². The fraction of sp³-hybridized carbons (Fsp3) is 0.700. The van der Waals surface area contributed by atoms with Crippen molar-refractivity contribution >= 4 is 5.91 Å². The lowest BCUT2D eigenvalue weighted by atomic mass is 10.2. The molecule has 0 saturated carbocycles. The quantitative estimate of drug-likeness (QED) is 0.578. The Bertz CT molecular complexity index is 311. The highest BCUT2D eigenvalue weighted by molar-refractivity contribution is 5.76. The number of hydrogen-bond acceptors (Lipinski definition) is 5. The van der Waals surface area contributed by atoms with E-state index in [0.29, 0.717) is 19.5 Å². The van der Waals surface area contributed by atoms with E-state index in [1.54, 1.807) is 24.2 Å². The monoisotopic (exact) mass is 241 g/mol. The molecule has 1 atom stereocenters. The fourth-order valence-electron chi connectivity index (χ4n) is 1.36. The molecule has 1 heterocycles. The molecule has 0 saturated heterocycles. The Labute approximate surface area is 100 Å². The number of aryl methyl sites for hydroxylation is 1. The first-order chi connectivity index (χ1) is 8.26. The number of rotatable bonds is 8. The van der Waals surface area contributed by atoms with Crippen molar-refractivity contribution in [3.05, 3.63) is 12.4 Å². The predicted octanol–water partition coefficient (Wildman–Crippen LogP) is -0.852. The number of ether oxygens (including phenoxy) is 1. The molecule has 0 spiro atoms. The second-order valence-corrected chi connectivity index (χ2v) is 3.67. The van der Waals surface area contributed by atoms with Gasteiger partial charge in [-0.1, -0.05) is 5.21 Å². The lowest BCUT2D eigenvalue weighted by Crippen LogP contribution is -2.32. The second kappa shape index (κ2) is 7.75. The average Bonchev–Trinajstić information content (AvgIpc) is 2.84. The number of nitrogens with zero attached hydrogens (tertiary/aromatic N) is 3. The van der Waals surface area contributed by atoms with E-state index in [4.69, 9.17) is 10.5 Å². The van der Waals surface area contributed by atoms with Gasteiger partial charge in [0.05, 0.1) is 18.7 Å². The summed E-state index contributed by atoms with van der Waals surface area (Å²) in [5.74, 6) is -0.0408. The van der Waals surface area contributed by atoms with Gasteiger partial charge in [0.25, 0.3) is 0 Å². The SMILES string of the molecule is COC(CN)CC(=O)NCCCn1ccnn1. The molecule has 17 heavy (non-hydrogen) atoms. The Morgan fingerprint density at radius 3 is 3.06 bits per heavy atom. The van der Waals surface area contributed by atoms with Crippen LogP contribution in [0, 0.1) is 0 Å². The summed E-state index contributed by atoms with van der Waals surface area (Å²) in [5, 5.41) is 10.3. The maximum absolute atomic E-state index is 11.5. The topological polar surface area (TPSA) is 95.1 Å². The minimum Gasteiger partial charge on any atom is -0.380 e. The molecule has 0 bridgehead atoms. The van der Waals surface area contributed by atoms with Crippen LogP contribution in [0.1, 0.15) is 12.8 Å². The van der Waals surface area contributed by atoms with Gasteiger partial charge in [-0.25, -0.2) is 0 Å². The summed E-state index contributed by atoms with van der Waals surface area (Å²) in [4.78, 5) is 11.5. The number of nitrogens with one attached hydrogen (secondary N) is 1. The number of hydrogen-bond donors (Lipinski definition) is 2. The van der Waals surface area contributed by atoms with Crippen LogP contribution in [-0.2, 0) is 16.1 Å². The van der Waals surface area contributed by atoms with Crippen LogP contribution in [0.15, 0.2) is 12.4 Å². The molecule has 1 amide bonds. The molecular formula is C10H19N5O2. The number of carbonyl (C=O) groups is 1. The van der Waals surface area contributed by atoms with Gasteiger partial charge in [0.15, 0.2) is 0 Å². The Hall–Kier alpha value is -1.47. The van der Waals surface area contributed by atoms with Crippen LogP contribution in [0.4, 0.5) is 0 Å². The van der Waals surface area contributed by atoms with Crippen LogP contribution < -0.4 is 11.1 Å². The smallest absolute Gasteiger partial charge is 0.222 e. The Morgan fingerprint density at radius 1 is 1.65 bits per heavy atom. The summed E-state index contributed by atoms with van der Waals surface area (Å²) in [5.41, 5.74) is 5.43. The van der Waals surface area contributed by atoms with Gasteiger partial charge in [0.1, 0.15) is 0 Å². The van der Waals surface area contributed by atoms with Gasteiger partial charge in [-0.2, -0.15) is 0 Å². The summed E-state index contributed by atoms with van der Waals surface area (Å²) in [6, 6.07) is 0. The summed E-state index contributed by atoms with van der Waals surface area (Å²) < 4.78 is 6.75. The molecule has 0 aliphatic heterocycles. The molecule has 96 valence electrons. The zero-order chi connectivity index (χ0) is 12.5. The first-order valence-electron chi connectivity index (χ1n) is 5.60. The average molecular weight is 241 g/mol. The van der Waals surface area contributed by atoms with Gasteiger partial charge in [-0.3, -0.25) is 9.48 Å². The predicted molar refractivity (Wildman–Crippen MR) is 62.1 cm³/mol. The van der Waals surface area contributed by atoms with E-state index < -0.39 is 0 Å². The molecule has 1 unspecified atom stereocenters. The number of amides is 1. The van der Waals surface area contributed by atoms with E-state index in [1.807, 2.05) is 0 Å². The Morgan fingerprint density at radius 2 is 2.47 bits per heavy atom. The van der Waals surface area contributed by atoms with Crippen LogP contribution in [0.5, 0.6) is 0 Å². The molecule has 1 rings (SSSR count). The van der Waals surface area contributed by atoms with Crippen molar-refractivity contribution in [3.63, 3.8) is 0 Å². The van der Waals surface area contributed by atoms with Crippen LogP contribution >= 0.6 is 0 Å². The van der Waals surface area contributed by atoms with Crippen molar-refractivity contribution in [2.24, 2.45) is 5.73 Å². The maximum Gasteiger partial charge on any atom is 0.222 e. The summed E-state index contributed by atoms with van der Waals surface area (Å²) in [6.45, 7) is 1.70.